The summed E-state index contributed by atoms with van der Waals surface area (Å²) in [5.74, 6) is -0.480. The van der Waals surface area contributed by atoms with E-state index in [1.54, 1.807) is 36.4 Å². The van der Waals surface area contributed by atoms with Gasteiger partial charge in [0.15, 0.2) is 0 Å². The molecule has 2 atom stereocenters. The first-order valence-electron chi connectivity index (χ1n) is 12.1. The highest BCUT2D eigenvalue weighted by molar-refractivity contribution is 7.89. The van der Waals surface area contributed by atoms with E-state index in [0.717, 1.165) is 6.42 Å². The van der Waals surface area contributed by atoms with E-state index >= 15 is 0 Å². The zero-order valence-corrected chi connectivity index (χ0v) is 23.5. The lowest BCUT2D eigenvalue weighted by molar-refractivity contribution is -0.141. The number of hydrogen-bond acceptors (Lipinski definition) is 4. The molecule has 0 aromatic heterocycles. The third-order valence-electron chi connectivity index (χ3n) is 6.06. The Labute approximate surface area is 224 Å². The molecule has 2 amide bonds. The lowest BCUT2D eigenvalue weighted by Gasteiger charge is -2.32. The van der Waals surface area contributed by atoms with Crippen molar-refractivity contribution in [3.63, 3.8) is 0 Å². The van der Waals surface area contributed by atoms with E-state index in [1.165, 1.54) is 28.4 Å². The number of amides is 2. The van der Waals surface area contributed by atoms with Gasteiger partial charge in [-0.05, 0) is 56.0 Å². The van der Waals surface area contributed by atoms with Crippen LogP contribution < -0.4 is 5.32 Å². The van der Waals surface area contributed by atoms with Crippen LogP contribution in [0.4, 0.5) is 0 Å². The van der Waals surface area contributed by atoms with Crippen molar-refractivity contribution in [2.24, 2.45) is 0 Å². The molecule has 7 nitrogen and oxygen atoms in total. The Balaban J connectivity index is 2.18. The molecule has 0 spiro atoms. The summed E-state index contributed by atoms with van der Waals surface area (Å²) < 4.78 is 26.8. The molecule has 0 fully saturated rings. The number of rotatable bonds is 13. The third-order valence-corrected chi connectivity index (χ3v) is 8.52. The molecule has 2 aromatic rings. The van der Waals surface area contributed by atoms with Gasteiger partial charge in [-0.25, -0.2) is 12.7 Å². The SMILES string of the molecule is CC[C@@H](C)NC(=O)[C@@H](CC)N(Cc1ccc(Cl)cc1Cl)C(=O)CCCN(C)S(=O)(=O)c1ccccc1. The van der Waals surface area contributed by atoms with Crippen LogP contribution in [0.1, 0.15) is 52.0 Å². The molecule has 0 aliphatic carbocycles. The van der Waals surface area contributed by atoms with Crippen molar-refractivity contribution in [2.75, 3.05) is 13.6 Å². The third kappa shape index (κ3) is 8.20. The van der Waals surface area contributed by atoms with Gasteiger partial charge in [0.2, 0.25) is 21.8 Å². The Morgan fingerprint density at radius 2 is 1.69 bits per heavy atom. The lowest BCUT2D eigenvalue weighted by Crippen LogP contribution is -2.50. The van der Waals surface area contributed by atoms with Gasteiger partial charge in [0, 0.05) is 42.6 Å². The minimum atomic E-state index is -3.65. The zero-order valence-electron chi connectivity index (χ0n) is 21.2. The highest BCUT2D eigenvalue weighted by Crippen LogP contribution is 2.24. The summed E-state index contributed by atoms with van der Waals surface area (Å²) in [7, 11) is -2.16. The van der Waals surface area contributed by atoms with E-state index in [9.17, 15) is 18.0 Å². The molecule has 198 valence electrons. The quantitative estimate of drug-likeness (QED) is 0.371. The monoisotopic (exact) mass is 555 g/mol. The van der Waals surface area contributed by atoms with E-state index in [1.807, 2.05) is 20.8 Å². The van der Waals surface area contributed by atoms with Crippen molar-refractivity contribution in [2.45, 2.75) is 70.0 Å². The fourth-order valence-electron chi connectivity index (χ4n) is 3.68. The molecule has 0 unspecified atom stereocenters. The first kappa shape index (κ1) is 30.1. The molecular formula is C26H35Cl2N3O4S. The first-order chi connectivity index (χ1) is 17.0. The lowest BCUT2D eigenvalue weighted by atomic mass is 10.1. The van der Waals surface area contributed by atoms with Crippen LogP contribution in [-0.4, -0.2) is 55.1 Å². The summed E-state index contributed by atoms with van der Waals surface area (Å²) in [5.41, 5.74) is 0.674. The number of hydrogen-bond donors (Lipinski definition) is 1. The maximum absolute atomic E-state index is 13.4. The Morgan fingerprint density at radius 3 is 2.28 bits per heavy atom. The van der Waals surface area contributed by atoms with Gasteiger partial charge >= 0.3 is 0 Å². The number of sulfonamides is 1. The molecule has 1 N–H and O–H groups in total. The van der Waals surface area contributed by atoms with E-state index in [4.69, 9.17) is 23.2 Å². The number of carbonyl (C=O) groups is 2. The molecule has 0 saturated heterocycles. The van der Waals surface area contributed by atoms with Gasteiger partial charge in [0.05, 0.1) is 4.90 Å². The Bertz CT molecular complexity index is 1130. The molecule has 36 heavy (non-hydrogen) atoms. The van der Waals surface area contributed by atoms with Crippen LogP contribution in [0.25, 0.3) is 0 Å². The summed E-state index contributed by atoms with van der Waals surface area (Å²) >= 11 is 12.4. The molecule has 0 heterocycles. The number of nitrogens with zero attached hydrogens (tertiary/aromatic N) is 2. The molecule has 0 aliphatic rings. The average molecular weight is 557 g/mol. The second-order valence-corrected chi connectivity index (χ2v) is 11.6. The van der Waals surface area contributed by atoms with Gasteiger partial charge in [-0.2, -0.15) is 0 Å². The van der Waals surface area contributed by atoms with Crippen LogP contribution in [0.2, 0.25) is 10.0 Å². The number of benzene rings is 2. The summed E-state index contributed by atoms with van der Waals surface area (Å²) in [5, 5.41) is 3.85. The van der Waals surface area contributed by atoms with E-state index in [0.29, 0.717) is 28.5 Å². The summed E-state index contributed by atoms with van der Waals surface area (Å²) in [6.07, 6.45) is 1.56. The van der Waals surface area contributed by atoms with Crippen LogP contribution in [-0.2, 0) is 26.2 Å². The van der Waals surface area contributed by atoms with Gasteiger partial charge in [0.25, 0.3) is 0 Å². The smallest absolute Gasteiger partial charge is 0.243 e. The zero-order chi connectivity index (χ0) is 26.9. The van der Waals surface area contributed by atoms with Gasteiger partial charge in [0.1, 0.15) is 6.04 Å². The fraction of sp³-hybridized carbons (Fsp3) is 0.462. The van der Waals surface area contributed by atoms with E-state index in [-0.39, 0.29) is 42.3 Å². The molecule has 0 saturated carbocycles. The first-order valence-corrected chi connectivity index (χ1v) is 14.3. The second kappa shape index (κ2) is 14.0. The summed E-state index contributed by atoms with van der Waals surface area (Å²) in [6.45, 7) is 6.04. The van der Waals surface area contributed by atoms with Crippen LogP contribution in [0.3, 0.4) is 0 Å². The Hall–Kier alpha value is -2.13. The average Bonchev–Trinajstić information content (AvgIpc) is 2.85. The van der Waals surface area contributed by atoms with Crippen molar-refractivity contribution < 1.29 is 18.0 Å². The van der Waals surface area contributed by atoms with Gasteiger partial charge in [-0.1, -0.05) is 61.3 Å². The maximum Gasteiger partial charge on any atom is 0.243 e. The van der Waals surface area contributed by atoms with Gasteiger partial charge in [-0.15, -0.1) is 0 Å². The predicted molar refractivity (Wildman–Crippen MR) is 144 cm³/mol. The Kier molecular flexibility index (Phi) is 11.7. The molecule has 10 heteroatoms. The van der Waals surface area contributed by atoms with Crippen molar-refractivity contribution in [1.29, 1.82) is 0 Å². The number of halogens is 2. The predicted octanol–water partition coefficient (Wildman–Crippen LogP) is 5.12. The fourth-order valence-corrected chi connectivity index (χ4v) is 5.38. The van der Waals surface area contributed by atoms with Crippen molar-refractivity contribution in [1.82, 2.24) is 14.5 Å². The maximum atomic E-state index is 13.4. The minimum Gasteiger partial charge on any atom is -0.352 e. The van der Waals surface area contributed by atoms with E-state index < -0.39 is 16.1 Å². The topological polar surface area (TPSA) is 86.8 Å². The van der Waals surface area contributed by atoms with Crippen LogP contribution in [0.5, 0.6) is 0 Å². The number of carbonyl (C=O) groups excluding carboxylic acids is 2. The van der Waals surface area contributed by atoms with Crippen molar-refractivity contribution in [3.05, 3.63) is 64.1 Å². The van der Waals surface area contributed by atoms with Gasteiger partial charge in [-0.3, -0.25) is 9.59 Å². The standard InChI is InChI=1S/C26H35Cl2N3O4S/c1-5-19(3)29-26(33)24(6-2)31(18-20-14-15-21(27)17-23(20)28)25(32)13-10-16-30(4)36(34,35)22-11-8-7-9-12-22/h7-9,11-12,14-15,17,19,24H,5-6,10,13,16,18H2,1-4H3,(H,29,33)/t19-,24-/m1/s1. The molecule has 0 radical (unpaired) electrons. The molecule has 0 bridgehead atoms. The molecule has 2 rings (SSSR count). The normalized spacial score (nSPS) is 13.3. The van der Waals surface area contributed by atoms with Crippen LogP contribution in [0.15, 0.2) is 53.4 Å². The van der Waals surface area contributed by atoms with Crippen LogP contribution in [0, 0.1) is 0 Å². The highest BCUT2D eigenvalue weighted by Gasteiger charge is 2.30. The van der Waals surface area contributed by atoms with Crippen LogP contribution >= 0.6 is 23.2 Å². The van der Waals surface area contributed by atoms with Gasteiger partial charge < -0.3 is 10.2 Å². The molecule has 2 aromatic carbocycles. The summed E-state index contributed by atoms with van der Waals surface area (Å²) in [6, 6.07) is 12.5. The van der Waals surface area contributed by atoms with E-state index in [2.05, 4.69) is 5.32 Å². The molecular weight excluding hydrogens is 521 g/mol. The molecule has 0 aliphatic heterocycles. The number of nitrogens with one attached hydrogen (secondary N) is 1. The second-order valence-electron chi connectivity index (χ2n) is 8.74. The minimum absolute atomic E-state index is 0.0283. The summed E-state index contributed by atoms with van der Waals surface area (Å²) in [4.78, 5) is 28.2. The van der Waals surface area contributed by atoms with Crippen molar-refractivity contribution in [3.8, 4) is 0 Å². The highest BCUT2D eigenvalue weighted by atomic mass is 35.5. The largest absolute Gasteiger partial charge is 0.352 e. The Morgan fingerprint density at radius 1 is 1.03 bits per heavy atom. The van der Waals surface area contributed by atoms with Crippen molar-refractivity contribution >= 4 is 45.0 Å².